The van der Waals surface area contributed by atoms with E-state index in [2.05, 4.69) is 5.01 Å². The summed E-state index contributed by atoms with van der Waals surface area (Å²) in [5.41, 5.74) is 4.72. The summed E-state index contributed by atoms with van der Waals surface area (Å²) < 4.78 is 0. The second kappa shape index (κ2) is 5.45. The number of hydrogen-bond donors (Lipinski definition) is 1. The first-order valence-electron chi connectivity index (χ1n) is 7.68. The quantitative estimate of drug-likeness (QED) is 0.856. The number of fused-ring (bicyclic) bond motifs is 2. The third kappa shape index (κ3) is 2.42. The lowest BCUT2D eigenvalue weighted by Crippen LogP contribution is -2.38. The zero-order chi connectivity index (χ0) is 15.1. The van der Waals surface area contributed by atoms with Gasteiger partial charge >= 0.3 is 0 Å². The van der Waals surface area contributed by atoms with Gasteiger partial charge in [0, 0.05) is 29.3 Å². The molecule has 1 N–H and O–H groups in total. The number of anilines is 1. The first kappa shape index (κ1) is 13.9. The number of nitrogens with zero attached hydrogens (tertiary/aromatic N) is 3. The molecular formula is C17H18ClN3O. The predicted octanol–water partition coefficient (Wildman–Crippen LogP) is 3.83. The molecule has 0 aromatic heterocycles. The largest absolute Gasteiger partial charge is 0.289 e. The predicted molar refractivity (Wildman–Crippen MR) is 88.2 cm³/mol. The summed E-state index contributed by atoms with van der Waals surface area (Å²) in [6, 6.07) is 7.80. The van der Waals surface area contributed by atoms with Crippen LogP contribution in [-0.2, 0) is 0 Å². The topological polar surface area (TPSA) is 39.1 Å². The van der Waals surface area contributed by atoms with Crippen molar-refractivity contribution < 1.29 is 5.21 Å². The minimum absolute atomic E-state index is 0.516. The number of halogens is 1. The Balaban J connectivity index is 1.70. The second-order valence-electron chi connectivity index (χ2n) is 6.03. The van der Waals surface area contributed by atoms with Crippen LogP contribution in [0.25, 0.3) is 0 Å². The van der Waals surface area contributed by atoms with Crippen LogP contribution in [0.3, 0.4) is 0 Å². The molecule has 1 aliphatic carbocycles. The summed E-state index contributed by atoms with van der Waals surface area (Å²) in [5, 5.41) is 18.7. The smallest absolute Gasteiger partial charge is 0.0718 e. The molecule has 4 nitrogen and oxygen atoms in total. The average molecular weight is 316 g/mol. The molecule has 5 heteroatoms. The van der Waals surface area contributed by atoms with Crippen LogP contribution in [0.4, 0.5) is 5.69 Å². The summed E-state index contributed by atoms with van der Waals surface area (Å²) in [7, 11) is 0. The summed E-state index contributed by atoms with van der Waals surface area (Å²) in [5.74, 6) is 0.516. The fourth-order valence-corrected chi connectivity index (χ4v) is 3.59. The van der Waals surface area contributed by atoms with Gasteiger partial charge in [0.1, 0.15) is 0 Å². The highest BCUT2D eigenvalue weighted by atomic mass is 35.5. The van der Waals surface area contributed by atoms with Gasteiger partial charge in [-0.3, -0.25) is 15.3 Å². The van der Waals surface area contributed by atoms with Crippen LogP contribution in [0.5, 0.6) is 0 Å². The molecule has 1 unspecified atom stereocenters. The Labute approximate surface area is 134 Å². The molecule has 1 aromatic rings. The SMILES string of the molecule is ON1C=CC2=C(C1)C1=NN(c3ccc(Cl)cc3)CCC1CC2. The van der Waals surface area contributed by atoms with E-state index in [0.717, 1.165) is 42.2 Å². The van der Waals surface area contributed by atoms with Gasteiger partial charge in [-0.15, -0.1) is 0 Å². The molecule has 0 bridgehead atoms. The second-order valence-corrected chi connectivity index (χ2v) is 6.46. The van der Waals surface area contributed by atoms with Crippen LogP contribution in [0.15, 0.2) is 52.8 Å². The van der Waals surface area contributed by atoms with E-state index < -0.39 is 0 Å². The molecule has 1 atom stereocenters. The van der Waals surface area contributed by atoms with E-state index >= 15 is 0 Å². The van der Waals surface area contributed by atoms with Crippen molar-refractivity contribution >= 4 is 23.0 Å². The summed E-state index contributed by atoms with van der Waals surface area (Å²) in [6.07, 6.45) is 7.10. The van der Waals surface area contributed by atoms with Gasteiger partial charge in [0.05, 0.1) is 17.9 Å². The van der Waals surface area contributed by atoms with Crippen LogP contribution in [-0.4, -0.2) is 29.1 Å². The van der Waals surface area contributed by atoms with Gasteiger partial charge < -0.3 is 0 Å². The molecule has 2 aliphatic heterocycles. The third-order valence-corrected chi connectivity index (χ3v) is 4.91. The van der Waals surface area contributed by atoms with Gasteiger partial charge in [-0.1, -0.05) is 11.6 Å². The van der Waals surface area contributed by atoms with Gasteiger partial charge in [0.2, 0.25) is 0 Å². The van der Waals surface area contributed by atoms with Crippen LogP contribution in [0, 0.1) is 5.92 Å². The molecule has 0 radical (unpaired) electrons. The van der Waals surface area contributed by atoms with Gasteiger partial charge in [-0.2, -0.15) is 5.10 Å². The number of allylic oxidation sites excluding steroid dienone is 2. The van der Waals surface area contributed by atoms with Crippen LogP contribution >= 0.6 is 11.6 Å². The lowest BCUT2D eigenvalue weighted by atomic mass is 9.79. The average Bonchev–Trinajstić information content (AvgIpc) is 2.55. The van der Waals surface area contributed by atoms with Crippen molar-refractivity contribution in [2.24, 2.45) is 11.0 Å². The zero-order valence-electron chi connectivity index (χ0n) is 12.2. The highest BCUT2D eigenvalue weighted by molar-refractivity contribution is 6.30. The van der Waals surface area contributed by atoms with Crippen molar-refractivity contribution in [2.45, 2.75) is 19.3 Å². The van der Waals surface area contributed by atoms with Gasteiger partial charge in [-0.05, 0) is 55.2 Å². The van der Waals surface area contributed by atoms with Crippen molar-refractivity contribution in [1.82, 2.24) is 5.06 Å². The minimum Gasteiger partial charge on any atom is -0.289 e. The third-order valence-electron chi connectivity index (χ3n) is 4.66. The Morgan fingerprint density at radius 3 is 2.82 bits per heavy atom. The standard InChI is InChI=1S/C17H18ClN3O/c18-14-3-5-15(6-4-14)21-10-8-13-2-1-12-7-9-20(22)11-16(12)17(13)19-21/h3-7,9,13,22H,1-2,8,10-11H2. The van der Waals surface area contributed by atoms with E-state index in [4.69, 9.17) is 16.7 Å². The maximum atomic E-state index is 9.78. The lowest BCUT2D eigenvalue weighted by molar-refractivity contribution is -0.0324. The van der Waals surface area contributed by atoms with Gasteiger partial charge in [0.15, 0.2) is 0 Å². The highest BCUT2D eigenvalue weighted by Crippen LogP contribution is 2.36. The highest BCUT2D eigenvalue weighted by Gasteiger charge is 2.32. The Hall–Kier alpha value is -1.78. The first-order chi connectivity index (χ1) is 10.7. The Bertz CT molecular complexity index is 678. The van der Waals surface area contributed by atoms with Crippen molar-refractivity contribution in [3.63, 3.8) is 0 Å². The fraction of sp³-hybridized carbons (Fsp3) is 0.353. The molecule has 0 saturated carbocycles. The molecule has 0 spiro atoms. The van der Waals surface area contributed by atoms with Crippen LogP contribution in [0.2, 0.25) is 5.02 Å². The summed E-state index contributed by atoms with van der Waals surface area (Å²) in [4.78, 5) is 0. The summed E-state index contributed by atoms with van der Waals surface area (Å²) in [6.45, 7) is 1.46. The minimum atomic E-state index is 0.516. The number of hydroxylamine groups is 2. The fourth-order valence-electron chi connectivity index (χ4n) is 3.47. The molecule has 4 rings (SSSR count). The number of hydrogen-bond acceptors (Lipinski definition) is 4. The molecule has 0 saturated heterocycles. The van der Waals surface area contributed by atoms with Gasteiger partial charge in [0.25, 0.3) is 0 Å². The van der Waals surface area contributed by atoms with E-state index in [1.165, 1.54) is 16.2 Å². The molecule has 1 aromatic carbocycles. The van der Waals surface area contributed by atoms with Gasteiger partial charge in [-0.25, -0.2) is 0 Å². The van der Waals surface area contributed by atoms with Crippen molar-refractivity contribution in [2.75, 3.05) is 18.1 Å². The molecule has 0 amide bonds. The van der Waals surface area contributed by atoms with Crippen molar-refractivity contribution in [1.29, 1.82) is 0 Å². The Morgan fingerprint density at radius 2 is 2.00 bits per heavy atom. The molecule has 22 heavy (non-hydrogen) atoms. The lowest BCUT2D eigenvalue weighted by Gasteiger charge is -2.37. The molecule has 2 heterocycles. The van der Waals surface area contributed by atoms with Crippen molar-refractivity contribution in [3.8, 4) is 0 Å². The van der Waals surface area contributed by atoms with E-state index in [0.29, 0.717) is 12.5 Å². The van der Waals surface area contributed by atoms with Crippen molar-refractivity contribution in [3.05, 3.63) is 52.7 Å². The molecule has 3 aliphatic rings. The number of benzene rings is 1. The Kier molecular flexibility index (Phi) is 3.43. The van der Waals surface area contributed by atoms with E-state index in [1.807, 2.05) is 30.3 Å². The van der Waals surface area contributed by atoms with Crippen LogP contribution < -0.4 is 5.01 Å². The van der Waals surface area contributed by atoms with Crippen LogP contribution in [0.1, 0.15) is 19.3 Å². The maximum Gasteiger partial charge on any atom is 0.0718 e. The molecule has 114 valence electrons. The monoisotopic (exact) mass is 315 g/mol. The van der Waals surface area contributed by atoms with E-state index in [-0.39, 0.29) is 0 Å². The number of hydrazone groups is 1. The molecule has 0 fully saturated rings. The Morgan fingerprint density at radius 1 is 1.18 bits per heavy atom. The first-order valence-corrected chi connectivity index (χ1v) is 8.06. The normalized spacial score (nSPS) is 24.1. The zero-order valence-corrected chi connectivity index (χ0v) is 13.0. The summed E-state index contributed by atoms with van der Waals surface area (Å²) >= 11 is 5.97. The van der Waals surface area contributed by atoms with E-state index in [9.17, 15) is 5.21 Å². The van der Waals surface area contributed by atoms with E-state index in [1.54, 1.807) is 6.20 Å². The molecular weight excluding hydrogens is 298 g/mol. The number of rotatable bonds is 1. The maximum absolute atomic E-state index is 9.78.